The first-order chi connectivity index (χ1) is 14.6. The number of hydrogen-bond acceptors (Lipinski definition) is 6. The molecule has 0 aliphatic rings. The number of fused-ring (bicyclic) bond motifs is 1. The molecule has 0 aliphatic heterocycles. The average molecular weight is 406 g/mol. The lowest BCUT2D eigenvalue weighted by atomic mass is 10.0. The van der Waals surface area contributed by atoms with Gasteiger partial charge in [0.1, 0.15) is 5.82 Å². The first-order valence-electron chi connectivity index (χ1n) is 9.28. The maximum atomic E-state index is 11.4. The van der Waals surface area contributed by atoms with Crippen molar-refractivity contribution in [1.82, 2.24) is 19.9 Å². The van der Waals surface area contributed by atoms with Crippen molar-refractivity contribution >= 4 is 35.0 Å². The van der Waals surface area contributed by atoms with E-state index in [0.29, 0.717) is 11.9 Å². The molecule has 0 fully saturated rings. The van der Waals surface area contributed by atoms with E-state index in [1.807, 2.05) is 42.5 Å². The van der Waals surface area contributed by atoms with Crippen LogP contribution in [-0.4, -0.2) is 38.1 Å². The Balaban J connectivity index is 0.000000806. The Morgan fingerprint density at radius 2 is 1.83 bits per heavy atom. The fourth-order valence-corrected chi connectivity index (χ4v) is 2.91. The molecule has 4 rings (SSSR count). The summed E-state index contributed by atoms with van der Waals surface area (Å²) in [6, 6.07) is 17.8. The summed E-state index contributed by atoms with van der Waals surface area (Å²) < 4.78 is 0. The van der Waals surface area contributed by atoms with E-state index in [0.717, 1.165) is 29.1 Å². The van der Waals surface area contributed by atoms with Crippen LogP contribution in [0.3, 0.4) is 0 Å². The number of aromatic nitrogens is 4. The minimum atomic E-state index is -0.250. The van der Waals surface area contributed by atoms with Gasteiger partial charge in [-0.15, -0.1) is 0 Å². The van der Waals surface area contributed by atoms with Gasteiger partial charge >= 0.3 is 5.69 Å². The number of benzene rings is 2. The molecule has 0 radical (unpaired) electrons. The average Bonchev–Trinajstić information content (AvgIpc) is 3.13. The van der Waals surface area contributed by atoms with Crippen molar-refractivity contribution in [2.45, 2.75) is 12.8 Å². The summed E-state index contributed by atoms with van der Waals surface area (Å²) in [6.07, 6.45) is 1.71. The van der Waals surface area contributed by atoms with Gasteiger partial charge in [-0.05, 0) is 35.7 Å². The fraction of sp³-hybridized carbons (Fsp3) is 0.143. The zero-order valence-corrected chi connectivity index (χ0v) is 16.3. The molecule has 9 nitrogen and oxygen atoms in total. The van der Waals surface area contributed by atoms with Crippen LogP contribution >= 0.6 is 0 Å². The number of H-pyrrole nitrogens is 2. The molecule has 2 aromatic carbocycles. The maximum Gasteiger partial charge on any atom is 0.323 e. The van der Waals surface area contributed by atoms with E-state index in [1.54, 1.807) is 6.20 Å². The molecular formula is C21H22N6O3. The summed E-state index contributed by atoms with van der Waals surface area (Å²) >= 11 is 0. The van der Waals surface area contributed by atoms with Gasteiger partial charge in [0.25, 0.3) is 6.47 Å². The predicted octanol–water partition coefficient (Wildman–Crippen LogP) is 3.31. The summed E-state index contributed by atoms with van der Waals surface area (Å²) in [7, 11) is 0. The van der Waals surface area contributed by atoms with E-state index in [-0.39, 0.29) is 12.2 Å². The molecular weight excluding hydrogens is 384 g/mol. The van der Waals surface area contributed by atoms with Crippen LogP contribution in [0.1, 0.15) is 18.4 Å². The van der Waals surface area contributed by atoms with E-state index in [1.165, 1.54) is 5.56 Å². The van der Waals surface area contributed by atoms with Crippen LogP contribution in [0.5, 0.6) is 0 Å². The molecule has 0 saturated carbocycles. The Bertz CT molecular complexity index is 1160. The quantitative estimate of drug-likeness (QED) is 0.310. The maximum absolute atomic E-state index is 11.4. The molecule has 9 heteroatoms. The largest absolute Gasteiger partial charge is 0.483 e. The second kappa shape index (κ2) is 9.87. The van der Waals surface area contributed by atoms with Gasteiger partial charge in [0.2, 0.25) is 5.95 Å². The van der Waals surface area contributed by atoms with Gasteiger partial charge in [0.15, 0.2) is 0 Å². The molecule has 0 amide bonds. The number of carbonyl (C=O) groups is 1. The Hall–Kier alpha value is -4.14. The molecule has 0 unspecified atom stereocenters. The molecule has 154 valence electrons. The topological polar surface area (TPSA) is 136 Å². The smallest absolute Gasteiger partial charge is 0.323 e. The third-order valence-electron chi connectivity index (χ3n) is 4.39. The van der Waals surface area contributed by atoms with Crippen LogP contribution in [0.2, 0.25) is 0 Å². The number of nitrogens with one attached hydrogen (secondary N) is 4. The zero-order chi connectivity index (χ0) is 21.3. The minimum absolute atomic E-state index is 0.225. The Morgan fingerprint density at radius 3 is 2.60 bits per heavy atom. The predicted molar refractivity (Wildman–Crippen MR) is 116 cm³/mol. The monoisotopic (exact) mass is 406 g/mol. The van der Waals surface area contributed by atoms with Gasteiger partial charge in [0, 0.05) is 18.4 Å². The minimum Gasteiger partial charge on any atom is -0.483 e. The van der Waals surface area contributed by atoms with Crippen molar-refractivity contribution in [2.75, 3.05) is 17.2 Å². The summed E-state index contributed by atoms with van der Waals surface area (Å²) in [5.74, 6) is 1.61. The molecule has 0 saturated heterocycles. The Labute approximate surface area is 172 Å². The highest BCUT2D eigenvalue weighted by atomic mass is 16.3. The highest BCUT2D eigenvalue weighted by Gasteiger charge is 2.06. The fourth-order valence-electron chi connectivity index (χ4n) is 2.91. The Morgan fingerprint density at radius 1 is 1.10 bits per heavy atom. The van der Waals surface area contributed by atoms with Crippen molar-refractivity contribution < 1.29 is 9.90 Å². The van der Waals surface area contributed by atoms with Crippen LogP contribution < -0.4 is 16.3 Å². The van der Waals surface area contributed by atoms with Gasteiger partial charge in [-0.3, -0.25) is 4.79 Å². The number of aromatic amines is 2. The molecule has 2 aromatic heterocycles. The summed E-state index contributed by atoms with van der Waals surface area (Å²) in [5, 5.41) is 13.4. The van der Waals surface area contributed by atoms with Gasteiger partial charge < -0.3 is 25.7 Å². The van der Waals surface area contributed by atoms with Gasteiger partial charge in [-0.25, -0.2) is 9.78 Å². The number of rotatable bonds is 6. The van der Waals surface area contributed by atoms with E-state index in [4.69, 9.17) is 9.90 Å². The van der Waals surface area contributed by atoms with Crippen LogP contribution in [0.25, 0.3) is 11.0 Å². The second-order valence-corrected chi connectivity index (χ2v) is 6.53. The van der Waals surface area contributed by atoms with Crippen molar-refractivity contribution in [1.29, 1.82) is 0 Å². The van der Waals surface area contributed by atoms with E-state index in [2.05, 4.69) is 49.6 Å². The first-order valence-corrected chi connectivity index (χ1v) is 9.28. The van der Waals surface area contributed by atoms with Gasteiger partial charge in [0.05, 0.1) is 11.0 Å². The molecule has 4 aromatic rings. The highest BCUT2D eigenvalue weighted by molar-refractivity contribution is 5.79. The van der Waals surface area contributed by atoms with E-state index in [9.17, 15) is 4.79 Å². The van der Waals surface area contributed by atoms with Crippen molar-refractivity contribution in [3.63, 3.8) is 0 Å². The number of imidazole rings is 1. The molecule has 1 atom stereocenters. The molecule has 0 bridgehead atoms. The van der Waals surface area contributed by atoms with Crippen molar-refractivity contribution in [3.05, 3.63) is 76.8 Å². The number of nitrogens with zero attached hydrogens (tertiary/aromatic N) is 2. The molecule has 5 N–H and O–H groups in total. The van der Waals surface area contributed by atoms with Crippen LogP contribution in [0.15, 0.2) is 65.6 Å². The molecule has 30 heavy (non-hydrogen) atoms. The SMILES string of the molecule is C[C@H](CNc1ccnc(Nc2ccc3[nH]c(=O)[nH]c3c2)n1)c1ccccc1.O=CO. The zero-order valence-electron chi connectivity index (χ0n) is 16.3. The normalized spacial score (nSPS) is 11.2. The van der Waals surface area contributed by atoms with Gasteiger partial charge in [-0.1, -0.05) is 37.3 Å². The van der Waals surface area contributed by atoms with Crippen LogP contribution in [0.4, 0.5) is 17.5 Å². The Kier molecular flexibility index (Phi) is 6.78. The first kappa shape index (κ1) is 20.6. The number of carboxylic acid groups (broad SMARTS) is 1. The van der Waals surface area contributed by atoms with Crippen LogP contribution in [-0.2, 0) is 4.79 Å². The third kappa shape index (κ3) is 5.44. The van der Waals surface area contributed by atoms with Crippen molar-refractivity contribution in [3.8, 4) is 0 Å². The number of hydrogen-bond donors (Lipinski definition) is 5. The second-order valence-electron chi connectivity index (χ2n) is 6.53. The summed E-state index contributed by atoms with van der Waals surface area (Å²) in [5.41, 5.74) is 3.35. The van der Waals surface area contributed by atoms with Crippen molar-refractivity contribution in [2.24, 2.45) is 0 Å². The number of anilines is 3. The highest BCUT2D eigenvalue weighted by Crippen LogP contribution is 2.19. The molecule has 2 heterocycles. The molecule has 0 spiro atoms. The lowest BCUT2D eigenvalue weighted by molar-refractivity contribution is -0.122. The summed E-state index contributed by atoms with van der Waals surface area (Å²) in [4.78, 5) is 34.0. The lowest BCUT2D eigenvalue weighted by Gasteiger charge is -2.14. The summed E-state index contributed by atoms with van der Waals surface area (Å²) in [6.45, 7) is 2.70. The van der Waals surface area contributed by atoms with Gasteiger partial charge in [-0.2, -0.15) is 4.98 Å². The lowest BCUT2D eigenvalue weighted by Crippen LogP contribution is -2.11. The van der Waals surface area contributed by atoms with Crippen LogP contribution in [0, 0.1) is 0 Å². The van der Waals surface area contributed by atoms with E-state index >= 15 is 0 Å². The molecule has 0 aliphatic carbocycles. The van der Waals surface area contributed by atoms with E-state index < -0.39 is 0 Å². The third-order valence-corrected chi connectivity index (χ3v) is 4.39. The standard InChI is InChI=1S/C20H20N6O.CH2O2/c1-13(14-5-3-2-4-6-14)12-22-18-9-10-21-19(26-18)23-15-7-8-16-17(11-15)25-20(27)24-16;2-1-3/h2-11,13H,12H2,1H3,(H2,24,25,27)(H2,21,22,23,26);1H,(H,2,3)/t13-;/m1./s1.